The van der Waals surface area contributed by atoms with Gasteiger partial charge in [-0.1, -0.05) is 52.0 Å². The van der Waals surface area contributed by atoms with Crippen LogP contribution in [0.25, 0.3) is 0 Å². The zero-order chi connectivity index (χ0) is 26.4. The van der Waals surface area contributed by atoms with Gasteiger partial charge in [0.1, 0.15) is 31.3 Å². The van der Waals surface area contributed by atoms with Gasteiger partial charge in [0.2, 0.25) is 5.91 Å². The van der Waals surface area contributed by atoms with Crippen molar-refractivity contribution in [2.24, 2.45) is 17.8 Å². The lowest BCUT2D eigenvalue weighted by atomic mass is 9.74. The third-order valence-electron chi connectivity index (χ3n) is 6.48. The standard InChI is InChI=1S/C27H32INO7/c1-6-9-18-10-11-21(20(28)14-18)34-15-19-16(4)23-22(17(5)26(31)36-35-13-8-3)25(30)29(23)24(19)27(32)33-12-7-2/h7-8,10-11,14,16-17,22-23H,2-3,6,9,12-13,15H2,1,4-5H3. The molecule has 1 fully saturated rings. The summed E-state index contributed by atoms with van der Waals surface area (Å²) in [4.78, 5) is 49.7. The summed E-state index contributed by atoms with van der Waals surface area (Å²) in [5.41, 5.74) is 2.06. The average Bonchev–Trinajstić information content (AvgIpc) is 3.10. The van der Waals surface area contributed by atoms with Gasteiger partial charge in [0, 0.05) is 11.5 Å². The fraction of sp³-hybridized carbons (Fsp3) is 0.444. The number of fused-ring (bicyclic) bond motifs is 1. The highest BCUT2D eigenvalue weighted by molar-refractivity contribution is 14.1. The second-order valence-electron chi connectivity index (χ2n) is 8.84. The van der Waals surface area contributed by atoms with Crippen LogP contribution in [0.5, 0.6) is 5.75 Å². The molecule has 0 aliphatic carbocycles. The van der Waals surface area contributed by atoms with Crippen LogP contribution in [0.1, 0.15) is 32.8 Å². The van der Waals surface area contributed by atoms with E-state index in [0.29, 0.717) is 11.3 Å². The van der Waals surface area contributed by atoms with Crippen LogP contribution in [0.2, 0.25) is 0 Å². The number of hydrogen-bond acceptors (Lipinski definition) is 7. The Bertz CT molecular complexity index is 1070. The molecular weight excluding hydrogens is 577 g/mol. The molecule has 8 nitrogen and oxygen atoms in total. The molecule has 0 spiro atoms. The topological polar surface area (TPSA) is 91.4 Å². The minimum absolute atomic E-state index is 0.0150. The van der Waals surface area contributed by atoms with Crippen LogP contribution in [-0.4, -0.2) is 48.6 Å². The Labute approximate surface area is 225 Å². The van der Waals surface area contributed by atoms with Crippen LogP contribution in [0.15, 0.2) is 54.8 Å². The fourth-order valence-corrected chi connectivity index (χ4v) is 5.40. The summed E-state index contributed by atoms with van der Waals surface area (Å²) >= 11 is 2.23. The minimum atomic E-state index is -0.760. The molecule has 194 valence electrons. The van der Waals surface area contributed by atoms with Gasteiger partial charge in [0.05, 0.1) is 21.4 Å². The molecule has 4 atom stereocenters. The first-order valence-corrected chi connectivity index (χ1v) is 13.0. The predicted molar refractivity (Wildman–Crippen MR) is 142 cm³/mol. The van der Waals surface area contributed by atoms with Gasteiger partial charge in [-0.2, -0.15) is 4.89 Å². The van der Waals surface area contributed by atoms with Crippen molar-refractivity contribution in [1.82, 2.24) is 4.90 Å². The van der Waals surface area contributed by atoms with Crippen LogP contribution in [0.3, 0.4) is 0 Å². The highest BCUT2D eigenvalue weighted by atomic mass is 127. The molecule has 2 heterocycles. The Morgan fingerprint density at radius 2 is 1.94 bits per heavy atom. The maximum absolute atomic E-state index is 13.2. The number of carbonyl (C=O) groups excluding carboxylic acids is 3. The smallest absolute Gasteiger partial charge is 0.355 e. The van der Waals surface area contributed by atoms with Crippen LogP contribution in [0, 0.1) is 21.3 Å². The number of β-lactam (4-membered cyclic amide) rings is 1. The second kappa shape index (κ2) is 12.5. The molecule has 1 aromatic carbocycles. The van der Waals surface area contributed by atoms with Crippen molar-refractivity contribution in [1.29, 1.82) is 0 Å². The van der Waals surface area contributed by atoms with Crippen molar-refractivity contribution < 1.29 is 33.6 Å². The molecule has 4 unspecified atom stereocenters. The van der Waals surface area contributed by atoms with Gasteiger partial charge >= 0.3 is 11.9 Å². The summed E-state index contributed by atoms with van der Waals surface area (Å²) in [7, 11) is 0. The average molecular weight is 609 g/mol. The quantitative estimate of drug-likeness (QED) is 0.0624. The van der Waals surface area contributed by atoms with Crippen molar-refractivity contribution in [2.75, 3.05) is 19.8 Å². The van der Waals surface area contributed by atoms with Crippen LogP contribution < -0.4 is 4.74 Å². The Balaban J connectivity index is 1.83. The van der Waals surface area contributed by atoms with E-state index in [4.69, 9.17) is 19.2 Å². The first-order chi connectivity index (χ1) is 17.3. The summed E-state index contributed by atoms with van der Waals surface area (Å²) in [5, 5.41) is 0. The van der Waals surface area contributed by atoms with E-state index in [2.05, 4.69) is 48.7 Å². The number of amides is 1. The Hall–Kier alpha value is -2.66. The van der Waals surface area contributed by atoms with Gasteiger partial charge in [0.15, 0.2) is 0 Å². The molecule has 1 amide bonds. The Kier molecular flexibility index (Phi) is 9.72. The summed E-state index contributed by atoms with van der Waals surface area (Å²) in [6.07, 6.45) is 4.95. The number of carbonyl (C=O) groups is 3. The van der Waals surface area contributed by atoms with E-state index in [1.165, 1.54) is 22.6 Å². The molecule has 1 aromatic rings. The maximum Gasteiger partial charge on any atom is 0.355 e. The van der Waals surface area contributed by atoms with E-state index in [9.17, 15) is 14.4 Å². The molecule has 36 heavy (non-hydrogen) atoms. The molecule has 2 aliphatic rings. The van der Waals surface area contributed by atoms with E-state index in [1.807, 2.05) is 19.1 Å². The molecule has 2 aliphatic heterocycles. The zero-order valence-electron chi connectivity index (χ0n) is 20.8. The SMILES string of the molecule is C=CCOOC(=O)C(C)C1C(=O)N2C(C(=O)OCC=C)=C(COc3ccc(CCC)cc3I)C(C)C12. The van der Waals surface area contributed by atoms with Gasteiger partial charge in [0.25, 0.3) is 0 Å². The second-order valence-corrected chi connectivity index (χ2v) is 10.0. The molecular formula is C27H32INO7. The van der Waals surface area contributed by atoms with Gasteiger partial charge in [-0.15, -0.1) is 6.58 Å². The number of halogens is 1. The molecule has 1 saturated heterocycles. The molecule has 0 N–H and O–H groups in total. The van der Waals surface area contributed by atoms with E-state index < -0.39 is 29.8 Å². The molecule has 0 radical (unpaired) electrons. The van der Waals surface area contributed by atoms with Crippen molar-refractivity contribution in [3.8, 4) is 5.75 Å². The molecule has 0 bridgehead atoms. The molecule has 0 saturated carbocycles. The minimum Gasteiger partial charge on any atom is -0.488 e. The third kappa shape index (κ3) is 5.67. The highest BCUT2D eigenvalue weighted by Crippen LogP contribution is 2.49. The van der Waals surface area contributed by atoms with Gasteiger partial charge in [-0.3, -0.25) is 9.68 Å². The van der Waals surface area contributed by atoms with Crippen molar-refractivity contribution in [3.05, 3.63) is 63.9 Å². The lowest BCUT2D eigenvalue weighted by Gasteiger charge is -2.47. The van der Waals surface area contributed by atoms with Crippen molar-refractivity contribution in [2.45, 2.75) is 39.7 Å². The van der Waals surface area contributed by atoms with E-state index in [0.717, 1.165) is 16.4 Å². The monoisotopic (exact) mass is 609 g/mol. The third-order valence-corrected chi connectivity index (χ3v) is 7.32. The summed E-state index contributed by atoms with van der Waals surface area (Å²) in [5.74, 6) is -2.56. The van der Waals surface area contributed by atoms with Crippen LogP contribution in [0.4, 0.5) is 0 Å². The normalized spacial score (nSPS) is 21.4. The van der Waals surface area contributed by atoms with Crippen molar-refractivity contribution in [3.63, 3.8) is 0 Å². The fourth-order valence-electron chi connectivity index (χ4n) is 4.67. The molecule has 0 aromatic heterocycles. The van der Waals surface area contributed by atoms with E-state index >= 15 is 0 Å². The molecule has 9 heteroatoms. The Morgan fingerprint density at radius 1 is 1.22 bits per heavy atom. The highest BCUT2D eigenvalue weighted by Gasteiger charge is 2.61. The van der Waals surface area contributed by atoms with Crippen LogP contribution >= 0.6 is 22.6 Å². The van der Waals surface area contributed by atoms with Crippen molar-refractivity contribution >= 4 is 40.4 Å². The van der Waals surface area contributed by atoms with Crippen LogP contribution in [-0.2, 0) is 35.3 Å². The number of nitrogens with zero attached hydrogens (tertiary/aromatic N) is 1. The summed E-state index contributed by atoms with van der Waals surface area (Å²) in [6, 6.07) is 5.64. The number of benzene rings is 1. The summed E-state index contributed by atoms with van der Waals surface area (Å²) < 4.78 is 12.4. The first kappa shape index (κ1) is 27.9. The zero-order valence-corrected chi connectivity index (χ0v) is 23.0. The first-order valence-electron chi connectivity index (χ1n) is 12.0. The van der Waals surface area contributed by atoms with E-state index in [-0.39, 0.29) is 37.3 Å². The number of rotatable bonds is 13. The number of ether oxygens (including phenoxy) is 2. The van der Waals surface area contributed by atoms with Gasteiger partial charge < -0.3 is 14.4 Å². The van der Waals surface area contributed by atoms with E-state index in [1.54, 1.807) is 6.92 Å². The lowest BCUT2D eigenvalue weighted by molar-refractivity contribution is -0.271. The maximum atomic E-state index is 13.2. The number of hydrogen-bond donors (Lipinski definition) is 0. The number of aryl methyl sites for hydroxylation is 1. The largest absolute Gasteiger partial charge is 0.488 e. The molecule has 3 rings (SSSR count). The van der Waals surface area contributed by atoms with Gasteiger partial charge in [-0.25, -0.2) is 9.59 Å². The lowest BCUT2D eigenvalue weighted by Crippen LogP contribution is -2.63. The Morgan fingerprint density at radius 3 is 2.58 bits per heavy atom. The summed E-state index contributed by atoms with van der Waals surface area (Å²) in [6.45, 7) is 12.9. The number of esters is 1. The van der Waals surface area contributed by atoms with Gasteiger partial charge in [-0.05, 0) is 46.7 Å². The predicted octanol–water partition coefficient (Wildman–Crippen LogP) is 4.38.